The number of carbonyl (C=O) groups excluding carboxylic acids is 1. The Balaban J connectivity index is 1.73. The number of carbonyl (C=O) groups is 1. The molecule has 0 aliphatic carbocycles. The lowest BCUT2D eigenvalue weighted by Gasteiger charge is -2.07. The largest absolute Gasteiger partial charge is 0.325 e. The smallest absolute Gasteiger partial charge is 0.225 e. The fraction of sp³-hybridized carbons (Fsp3) is 0.235. The summed E-state index contributed by atoms with van der Waals surface area (Å²) in [4.78, 5) is 11.9. The summed E-state index contributed by atoms with van der Waals surface area (Å²) in [6.07, 6.45) is 0.488. The molecular weight excluding hydrogens is 302 g/mol. The molecule has 0 saturated carbocycles. The van der Waals surface area contributed by atoms with E-state index in [-0.39, 0.29) is 5.91 Å². The van der Waals surface area contributed by atoms with E-state index >= 15 is 0 Å². The average molecular weight is 320 g/mol. The number of anilines is 1. The molecule has 0 saturated heterocycles. The van der Waals surface area contributed by atoms with E-state index in [0.29, 0.717) is 17.1 Å². The summed E-state index contributed by atoms with van der Waals surface area (Å²) < 4.78 is 0. The molecule has 0 aliphatic rings. The van der Waals surface area contributed by atoms with Crippen molar-refractivity contribution in [3.05, 3.63) is 64.7 Å². The Hall–Kier alpha value is -1.45. The maximum atomic E-state index is 11.9. The number of rotatable bonds is 6. The third-order valence-corrected chi connectivity index (χ3v) is 4.48. The van der Waals surface area contributed by atoms with E-state index in [2.05, 4.69) is 24.4 Å². The van der Waals surface area contributed by atoms with Crippen LogP contribution in [0.25, 0.3) is 0 Å². The SMILES string of the molecule is Cc1ccccc1CSCCC(=O)Nc1ccccc1Cl. The Kier molecular flexibility index (Phi) is 6.15. The molecular formula is C17H18ClNOS. The molecule has 1 amide bonds. The maximum absolute atomic E-state index is 11.9. The van der Waals surface area contributed by atoms with Crippen LogP contribution in [-0.4, -0.2) is 11.7 Å². The van der Waals surface area contributed by atoms with Gasteiger partial charge in [-0.05, 0) is 30.2 Å². The quantitative estimate of drug-likeness (QED) is 0.766. The summed E-state index contributed by atoms with van der Waals surface area (Å²) >= 11 is 7.78. The van der Waals surface area contributed by atoms with Crippen molar-refractivity contribution in [3.8, 4) is 0 Å². The lowest BCUT2D eigenvalue weighted by molar-refractivity contribution is -0.115. The monoisotopic (exact) mass is 319 g/mol. The van der Waals surface area contributed by atoms with Gasteiger partial charge in [0.2, 0.25) is 5.91 Å². The Morgan fingerprint density at radius 2 is 1.86 bits per heavy atom. The van der Waals surface area contributed by atoms with Crippen LogP contribution in [0.15, 0.2) is 48.5 Å². The normalized spacial score (nSPS) is 10.4. The molecule has 0 aromatic heterocycles. The molecule has 0 heterocycles. The van der Waals surface area contributed by atoms with Crippen molar-refractivity contribution >= 4 is 35.0 Å². The van der Waals surface area contributed by atoms with E-state index < -0.39 is 0 Å². The number of aryl methyl sites for hydroxylation is 1. The molecule has 0 atom stereocenters. The van der Waals surface area contributed by atoms with Crippen LogP contribution in [0.5, 0.6) is 0 Å². The summed E-state index contributed by atoms with van der Waals surface area (Å²) in [5.74, 6) is 1.73. The molecule has 2 rings (SSSR count). The number of amides is 1. The number of hydrogen-bond donors (Lipinski definition) is 1. The van der Waals surface area contributed by atoms with Gasteiger partial charge in [0.15, 0.2) is 0 Å². The number of benzene rings is 2. The Bertz CT molecular complexity index is 615. The molecule has 0 aliphatic heterocycles. The van der Waals surface area contributed by atoms with Crippen LogP contribution in [0.3, 0.4) is 0 Å². The highest BCUT2D eigenvalue weighted by molar-refractivity contribution is 7.98. The third-order valence-electron chi connectivity index (χ3n) is 3.14. The van der Waals surface area contributed by atoms with E-state index in [1.54, 1.807) is 23.9 Å². The van der Waals surface area contributed by atoms with Crippen LogP contribution in [-0.2, 0) is 10.5 Å². The minimum Gasteiger partial charge on any atom is -0.325 e. The number of para-hydroxylation sites is 1. The van der Waals surface area contributed by atoms with E-state index in [1.165, 1.54) is 11.1 Å². The lowest BCUT2D eigenvalue weighted by atomic mass is 10.1. The van der Waals surface area contributed by atoms with Crippen molar-refractivity contribution < 1.29 is 4.79 Å². The Labute approximate surface area is 134 Å². The lowest BCUT2D eigenvalue weighted by Crippen LogP contribution is -2.12. The fourth-order valence-electron chi connectivity index (χ4n) is 1.89. The van der Waals surface area contributed by atoms with Crippen molar-refractivity contribution in [1.29, 1.82) is 0 Å². The minimum absolute atomic E-state index is 0.000355. The van der Waals surface area contributed by atoms with E-state index in [4.69, 9.17) is 11.6 Å². The first-order chi connectivity index (χ1) is 10.2. The standard InChI is InChI=1S/C17H18ClNOS/c1-13-6-2-3-7-14(13)12-21-11-10-17(20)19-16-9-5-4-8-15(16)18/h2-9H,10-12H2,1H3,(H,19,20). The van der Waals surface area contributed by atoms with Gasteiger partial charge in [0.25, 0.3) is 0 Å². The van der Waals surface area contributed by atoms with Crippen LogP contribution >= 0.6 is 23.4 Å². The van der Waals surface area contributed by atoms with Crippen LogP contribution in [0, 0.1) is 6.92 Å². The second-order valence-electron chi connectivity index (χ2n) is 4.76. The maximum Gasteiger partial charge on any atom is 0.225 e. The predicted octanol–water partition coefficient (Wildman–Crippen LogP) is 4.91. The van der Waals surface area contributed by atoms with Gasteiger partial charge < -0.3 is 5.32 Å². The van der Waals surface area contributed by atoms with Crippen molar-refractivity contribution in [2.24, 2.45) is 0 Å². The third kappa shape index (κ3) is 5.10. The molecule has 0 spiro atoms. The predicted molar refractivity (Wildman–Crippen MR) is 92.0 cm³/mol. The molecule has 2 aromatic rings. The van der Waals surface area contributed by atoms with Crippen molar-refractivity contribution in [1.82, 2.24) is 0 Å². The van der Waals surface area contributed by atoms with Gasteiger partial charge in [-0.1, -0.05) is 48.0 Å². The fourth-order valence-corrected chi connectivity index (χ4v) is 3.10. The number of thioether (sulfide) groups is 1. The Morgan fingerprint density at radius 3 is 2.62 bits per heavy atom. The van der Waals surface area contributed by atoms with Crippen LogP contribution < -0.4 is 5.32 Å². The number of nitrogens with one attached hydrogen (secondary N) is 1. The van der Waals surface area contributed by atoms with Gasteiger partial charge >= 0.3 is 0 Å². The van der Waals surface area contributed by atoms with Crippen LogP contribution in [0.1, 0.15) is 17.5 Å². The van der Waals surface area contributed by atoms with Crippen molar-refractivity contribution in [3.63, 3.8) is 0 Å². The minimum atomic E-state index is 0.000355. The molecule has 0 bridgehead atoms. The molecule has 0 fully saturated rings. The molecule has 2 nitrogen and oxygen atoms in total. The van der Waals surface area contributed by atoms with Gasteiger partial charge in [-0.15, -0.1) is 0 Å². The Morgan fingerprint density at radius 1 is 1.14 bits per heavy atom. The van der Waals surface area contributed by atoms with Gasteiger partial charge in [0, 0.05) is 17.9 Å². The van der Waals surface area contributed by atoms with Crippen molar-refractivity contribution in [2.45, 2.75) is 19.1 Å². The second-order valence-corrected chi connectivity index (χ2v) is 6.27. The first-order valence-corrected chi connectivity index (χ1v) is 8.36. The topological polar surface area (TPSA) is 29.1 Å². The first-order valence-electron chi connectivity index (χ1n) is 6.83. The van der Waals surface area contributed by atoms with Crippen LogP contribution in [0.2, 0.25) is 5.02 Å². The van der Waals surface area contributed by atoms with Gasteiger partial charge in [-0.3, -0.25) is 4.79 Å². The summed E-state index contributed by atoms with van der Waals surface area (Å²) in [7, 11) is 0. The molecule has 0 radical (unpaired) electrons. The molecule has 110 valence electrons. The van der Waals surface area contributed by atoms with E-state index in [0.717, 1.165) is 11.5 Å². The van der Waals surface area contributed by atoms with E-state index in [1.807, 2.05) is 24.3 Å². The highest BCUT2D eigenvalue weighted by Crippen LogP contribution is 2.21. The van der Waals surface area contributed by atoms with Crippen LogP contribution in [0.4, 0.5) is 5.69 Å². The summed E-state index contributed by atoms with van der Waals surface area (Å²) in [6.45, 7) is 2.11. The van der Waals surface area contributed by atoms with Gasteiger partial charge in [-0.2, -0.15) is 11.8 Å². The molecule has 0 unspecified atom stereocenters. The van der Waals surface area contributed by atoms with Gasteiger partial charge in [-0.25, -0.2) is 0 Å². The summed E-state index contributed by atoms with van der Waals surface area (Å²) in [6, 6.07) is 15.6. The molecule has 2 aromatic carbocycles. The molecule has 21 heavy (non-hydrogen) atoms. The van der Waals surface area contributed by atoms with Crippen molar-refractivity contribution in [2.75, 3.05) is 11.1 Å². The average Bonchev–Trinajstić information content (AvgIpc) is 2.48. The number of halogens is 1. The summed E-state index contributed by atoms with van der Waals surface area (Å²) in [5.41, 5.74) is 3.30. The zero-order chi connectivity index (χ0) is 15.1. The number of hydrogen-bond acceptors (Lipinski definition) is 2. The van der Waals surface area contributed by atoms with Gasteiger partial charge in [0.1, 0.15) is 0 Å². The molecule has 1 N–H and O–H groups in total. The first kappa shape index (κ1) is 15.9. The highest BCUT2D eigenvalue weighted by Gasteiger charge is 2.05. The summed E-state index contributed by atoms with van der Waals surface area (Å²) in [5, 5.41) is 3.40. The second kappa shape index (κ2) is 8.11. The van der Waals surface area contributed by atoms with E-state index in [9.17, 15) is 4.79 Å². The highest BCUT2D eigenvalue weighted by atomic mass is 35.5. The molecule has 4 heteroatoms. The zero-order valence-corrected chi connectivity index (χ0v) is 13.5. The zero-order valence-electron chi connectivity index (χ0n) is 11.9. The van der Waals surface area contributed by atoms with Gasteiger partial charge in [0.05, 0.1) is 10.7 Å².